The standard InChI is InChI=1S/C19H19F2N5O4/c1-10(17(22)28)23-11-2-3-13-14(6-11)29-5-4-25-7-15(24-18(13)25)26-12(8-27)9-30-19(26)16(20)21/h2-3,6-7,10,16,19,23H,4-5,9H2,1H3,(H2,22,28)/t10-,19-/m0/s1. The number of benzene rings is 1. The first kappa shape index (κ1) is 19.9. The maximum Gasteiger partial charge on any atom is 0.283 e. The van der Waals surface area contributed by atoms with Gasteiger partial charge in [-0.05, 0) is 19.1 Å². The predicted molar refractivity (Wildman–Crippen MR) is 103 cm³/mol. The van der Waals surface area contributed by atoms with Gasteiger partial charge >= 0.3 is 0 Å². The first-order valence-electron chi connectivity index (χ1n) is 9.22. The molecule has 0 radical (unpaired) electrons. The molecule has 0 saturated carbocycles. The van der Waals surface area contributed by atoms with Crippen LogP contribution in [0.15, 0.2) is 30.1 Å². The molecule has 1 aromatic heterocycles. The molecule has 1 fully saturated rings. The van der Waals surface area contributed by atoms with Crippen molar-refractivity contribution in [2.75, 3.05) is 23.4 Å². The van der Waals surface area contributed by atoms with Crippen LogP contribution in [0.25, 0.3) is 11.4 Å². The highest BCUT2D eigenvalue weighted by molar-refractivity contribution is 5.83. The fraction of sp³-hybridized carbons (Fsp3) is 0.368. The van der Waals surface area contributed by atoms with Crippen molar-refractivity contribution in [3.05, 3.63) is 30.1 Å². The zero-order chi connectivity index (χ0) is 21.4. The molecule has 0 unspecified atom stereocenters. The number of fused-ring (bicyclic) bond motifs is 3. The summed E-state index contributed by atoms with van der Waals surface area (Å²) in [5, 5.41) is 2.98. The van der Waals surface area contributed by atoms with E-state index < -0.39 is 24.6 Å². The number of aromatic nitrogens is 2. The topological polar surface area (TPSA) is 112 Å². The minimum Gasteiger partial charge on any atom is -0.491 e. The Bertz CT molecular complexity index is 1030. The molecule has 0 bridgehead atoms. The Balaban J connectivity index is 1.71. The van der Waals surface area contributed by atoms with E-state index in [1.807, 2.05) is 0 Å². The molecule has 3 N–H and O–H groups in total. The fourth-order valence-corrected chi connectivity index (χ4v) is 3.39. The van der Waals surface area contributed by atoms with Gasteiger partial charge in [0.05, 0.1) is 12.1 Å². The first-order valence-corrected chi connectivity index (χ1v) is 9.22. The molecule has 1 aromatic carbocycles. The van der Waals surface area contributed by atoms with Crippen LogP contribution in [-0.4, -0.2) is 53.3 Å². The van der Waals surface area contributed by atoms with E-state index in [4.69, 9.17) is 15.2 Å². The number of imidazole rings is 1. The molecule has 0 spiro atoms. The fourth-order valence-electron chi connectivity index (χ4n) is 3.39. The lowest BCUT2D eigenvalue weighted by molar-refractivity contribution is -0.118. The molecule has 11 heteroatoms. The summed E-state index contributed by atoms with van der Waals surface area (Å²) in [5.74, 6) is 2.35. The van der Waals surface area contributed by atoms with Crippen LogP contribution in [0, 0.1) is 0 Å². The van der Waals surface area contributed by atoms with Crippen LogP contribution in [0.1, 0.15) is 6.92 Å². The third-order valence-corrected chi connectivity index (χ3v) is 4.90. The number of primary amides is 1. The van der Waals surface area contributed by atoms with Gasteiger partial charge in [0.1, 0.15) is 42.5 Å². The number of ether oxygens (including phenoxy) is 2. The monoisotopic (exact) mass is 419 g/mol. The maximum atomic E-state index is 13.4. The van der Waals surface area contributed by atoms with E-state index in [1.54, 1.807) is 41.8 Å². The number of amides is 1. The summed E-state index contributed by atoms with van der Waals surface area (Å²) >= 11 is 0. The molecule has 0 aliphatic carbocycles. The van der Waals surface area contributed by atoms with Crippen LogP contribution < -0.4 is 20.7 Å². The lowest BCUT2D eigenvalue weighted by Gasteiger charge is -2.21. The largest absolute Gasteiger partial charge is 0.491 e. The van der Waals surface area contributed by atoms with Crippen LogP contribution in [0.2, 0.25) is 0 Å². The Kier molecular flexibility index (Phi) is 5.15. The van der Waals surface area contributed by atoms with E-state index in [2.05, 4.69) is 10.3 Å². The van der Waals surface area contributed by atoms with Gasteiger partial charge in [-0.15, -0.1) is 0 Å². The summed E-state index contributed by atoms with van der Waals surface area (Å²) in [7, 11) is 0. The molecule has 9 nitrogen and oxygen atoms in total. The summed E-state index contributed by atoms with van der Waals surface area (Å²) in [6.07, 6.45) is -2.84. The molecule has 2 aliphatic rings. The smallest absolute Gasteiger partial charge is 0.283 e. The van der Waals surface area contributed by atoms with Crippen molar-refractivity contribution < 1.29 is 27.8 Å². The average molecular weight is 419 g/mol. The molecule has 3 heterocycles. The Morgan fingerprint density at radius 2 is 2.23 bits per heavy atom. The van der Waals surface area contributed by atoms with E-state index in [9.17, 15) is 18.4 Å². The number of hydrogen-bond donors (Lipinski definition) is 2. The van der Waals surface area contributed by atoms with Crippen LogP contribution >= 0.6 is 0 Å². The van der Waals surface area contributed by atoms with Crippen LogP contribution in [0.5, 0.6) is 5.75 Å². The van der Waals surface area contributed by atoms with E-state index in [-0.39, 0.29) is 18.1 Å². The van der Waals surface area contributed by atoms with E-state index in [0.29, 0.717) is 36.0 Å². The van der Waals surface area contributed by atoms with Gasteiger partial charge in [0, 0.05) is 18.0 Å². The van der Waals surface area contributed by atoms with E-state index in [0.717, 1.165) is 4.90 Å². The van der Waals surface area contributed by atoms with Crippen molar-refractivity contribution in [3.8, 4) is 17.1 Å². The maximum absolute atomic E-state index is 13.4. The Hall–Kier alpha value is -3.43. The zero-order valence-electron chi connectivity index (χ0n) is 16.0. The van der Waals surface area contributed by atoms with Gasteiger partial charge in [-0.25, -0.2) is 18.6 Å². The highest BCUT2D eigenvalue weighted by atomic mass is 19.3. The van der Waals surface area contributed by atoms with Crippen molar-refractivity contribution in [3.63, 3.8) is 0 Å². The van der Waals surface area contributed by atoms with E-state index in [1.165, 1.54) is 0 Å². The lowest BCUT2D eigenvalue weighted by Crippen LogP contribution is -2.35. The van der Waals surface area contributed by atoms with Gasteiger partial charge in [0.2, 0.25) is 5.91 Å². The number of nitrogens with one attached hydrogen (secondary N) is 1. The molecule has 30 heavy (non-hydrogen) atoms. The van der Waals surface area contributed by atoms with Gasteiger partial charge in [0.25, 0.3) is 6.43 Å². The number of halogens is 2. The highest BCUT2D eigenvalue weighted by Gasteiger charge is 2.39. The van der Waals surface area contributed by atoms with Crippen molar-refractivity contribution in [1.29, 1.82) is 0 Å². The summed E-state index contributed by atoms with van der Waals surface area (Å²) < 4.78 is 39.4. The average Bonchev–Trinajstić information content (AvgIpc) is 3.28. The zero-order valence-corrected chi connectivity index (χ0v) is 16.0. The second-order valence-electron chi connectivity index (χ2n) is 6.90. The normalized spacial score (nSPS) is 18.9. The third kappa shape index (κ3) is 3.49. The summed E-state index contributed by atoms with van der Waals surface area (Å²) in [6, 6.07) is 4.64. The molecule has 158 valence electrons. The van der Waals surface area contributed by atoms with Crippen molar-refractivity contribution in [1.82, 2.24) is 9.55 Å². The van der Waals surface area contributed by atoms with Gasteiger partial charge < -0.3 is 25.1 Å². The number of anilines is 2. The Morgan fingerprint density at radius 1 is 1.43 bits per heavy atom. The van der Waals surface area contributed by atoms with Gasteiger partial charge in [-0.1, -0.05) is 0 Å². The number of carbonyl (C=O) groups excluding carboxylic acids is 2. The molecular formula is C19H19F2N5O4. The molecule has 1 amide bonds. The van der Waals surface area contributed by atoms with Crippen molar-refractivity contribution >= 4 is 23.4 Å². The van der Waals surface area contributed by atoms with Crippen molar-refractivity contribution in [2.45, 2.75) is 32.2 Å². The molecule has 1 saturated heterocycles. The molecule has 4 rings (SSSR count). The number of nitrogens with two attached hydrogens (primary N) is 1. The lowest BCUT2D eigenvalue weighted by atomic mass is 10.1. The number of rotatable bonds is 5. The second-order valence-corrected chi connectivity index (χ2v) is 6.90. The van der Waals surface area contributed by atoms with Crippen LogP contribution in [0.4, 0.5) is 20.3 Å². The van der Waals surface area contributed by atoms with Gasteiger partial charge in [0.15, 0.2) is 12.0 Å². The number of alkyl halides is 2. The van der Waals surface area contributed by atoms with E-state index >= 15 is 0 Å². The first-order chi connectivity index (χ1) is 14.4. The molecule has 2 aromatic rings. The summed E-state index contributed by atoms with van der Waals surface area (Å²) in [5.41, 5.74) is 6.52. The molecular weight excluding hydrogens is 400 g/mol. The second kappa shape index (κ2) is 7.77. The van der Waals surface area contributed by atoms with Crippen LogP contribution in [0.3, 0.4) is 0 Å². The minimum atomic E-state index is -2.83. The molecule has 2 atom stereocenters. The number of nitrogens with zero attached hydrogens (tertiary/aromatic N) is 3. The quantitative estimate of drug-likeness (QED) is 0.704. The Morgan fingerprint density at radius 3 is 2.93 bits per heavy atom. The predicted octanol–water partition coefficient (Wildman–Crippen LogP) is 1.37. The van der Waals surface area contributed by atoms with Crippen molar-refractivity contribution in [2.24, 2.45) is 5.73 Å². The molecule has 2 aliphatic heterocycles. The number of carbonyl (C=O) groups is 1. The third-order valence-electron chi connectivity index (χ3n) is 4.90. The Labute approximate surface area is 170 Å². The van der Waals surface area contributed by atoms with Gasteiger partial charge in [-0.3, -0.25) is 9.69 Å². The summed E-state index contributed by atoms with van der Waals surface area (Å²) in [4.78, 5) is 28.0. The summed E-state index contributed by atoms with van der Waals surface area (Å²) in [6.45, 7) is 2.12. The number of hydrogen-bond acceptors (Lipinski definition) is 7. The highest BCUT2D eigenvalue weighted by Crippen LogP contribution is 2.37. The van der Waals surface area contributed by atoms with Gasteiger partial charge in [-0.2, -0.15) is 0 Å². The SMILES string of the molecule is C[C@H](Nc1ccc2c(c1)OCCn1cc(N3C(=C=O)CO[C@H]3C(F)F)nc1-2)C(N)=O. The minimum absolute atomic E-state index is 0.0370. The van der Waals surface area contributed by atoms with Crippen LogP contribution in [-0.2, 0) is 20.9 Å².